The summed E-state index contributed by atoms with van der Waals surface area (Å²) in [6.45, 7) is 14.2. The zero-order valence-corrected chi connectivity index (χ0v) is 24.7. The Morgan fingerprint density at radius 1 is 1.13 bits per heavy atom. The lowest BCUT2D eigenvalue weighted by Crippen LogP contribution is -2.54. The number of aliphatic hydroxyl groups excluding tert-OH is 1. The van der Waals surface area contributed by atoms with Crippen molar-refractivity contribution in [2.45, 2.75) is 96.4 Å². The molecule has 2 heterocycles. The Kier molecular flexibility index (Phi) is 7.49. The molecule has 4 aliphatic rings. The Morgan fingerprint density at radius 3 is 2.37 bits per heavy atom. The van der Waals surface area contributed by atoms with E-state index in [2.05, 4.69) is 63.8 Å². The molecule has 38 heavy (non-hydrogen) atoms. The van der Waals surface area contributed by atoms with Crippen molar-refractivity contribution in [1.29, 1.82) is 0 Å². The first-order valence-electron chi connectivity index (χ1n) is 15.0. The van der Waals surface area contributed by atoms with Crippen LogP contribution in [0.1, 0.15) is 96.3 Å². The van der Waals surface area contributed by atoms with Crippen molar-refractivity contribution in [3.05, 3.63) is 41.0 Å². The number of carbonyl (C=O) groups excluding carboxylic acids is 1. The molecule has 1 aromatic rings. The van der Waals surface area contributed by atoms with Crippen LogP contribution in [0.15, 0.2) is 24.3 Å². The highest BCUT2D eigenvalue weighted by molar-refractivity contribution is 5.86. The third-order valence-electron chi connectivity index (χ3n) is 10.0. The van der Waals surface area contributed by atoms with E-state index < -0.39 is 0 Å². The first-order valence-corrected chi connectivity index (χ1v) is 15.0. The van der Waals surface area contributed by atoms with Gasteiger partial charge in [-0.3, -0.25) is 4.79 Å². The molecule has 2 aliphatic heterocycles. The van der Waals surface area contributed by atoms with Gasteiger partial charge in [-0.1, -0.05) is 53.0 Å². The molecule has 5 heteroatoms. The van der Waals surface area contributed by atoms with Crippen LogP contribution in [-0.2, 0) is 20.4 Å². The third kappa shape index (κ3) is 5.43. The molecule has 2 atom stereocenters. The SMILES string of the molecule is CC1C(C(=O)N(C)CC2(CO)COC2)C=C(c2cc(C(C)(C)C)cc(C3(C)CC3)c2)N1CC1CCCCC1. The van der Waals surface area contributed by atoms with Gasteiger partial charge in [0.2, 0.25) is 5.91 Å². The van der Waals surface area contributed by atoms with Gasteiger partial charge < -0.3 is 19.6 Å². The van der Waals surface area contributed by atoms with Gasteiger partial charge in [0, 0.05) is 31.9 Å². The summed E-state index contributed by atoms with van der Waals surface area (Å²) in [5, 5.41) is 9.95. The largest absolute Gasteiger partial charge is 0.396 e. The maximum atomic E-state index is 13.9. The summed E-state index contributed by atoms with van der Waals surface area (Å²) in [5.41, 5.74) is 5.40. The highest BCUT2D eigenvalue weighted by Gasteiger charge is 2.44. The van der Waals surface area contributed by atoms with Crippen molar-refractivity contribution in [3.63, 3.8) is 0 Å². The Bertz CT molecular complexity index is 1030. The maximum absolute atomic E-state index is 13.9. The fourth-order valence-electron chi connectivity index (χ4n) is 6.76. The van der Waals surface area contributed by atoms with E-state index in [1.807, 2.05) is 11.9 Å². The first-order chi connectivity index (χ1) is 17.9. The zero-order valence-electron chi connectivity index (χ0n) is 24.7. The summed E-state index contributed by atoms with van der Waals surface area (Å²) in [4.78, 5) is 18.3. The molecule has 0 radical (unpaired) electrons. The van der Waals surface area contributed by atoms with E-state index in [-0.39, 0.29) is 40.7 Å². The van der Waals surface area contributed by atoms with Crippen LogP contribution in [0, 0.1) is 17.3 Å². The maximum Gasteiger partial charge on any atom is 0.231 e. The van der Waals surface area contributed by atoms with Gasteiger partial charge in [0.1, 0.15) is 0 Å². The number of benzene rings is 1. The van der Waals surface area contributed by atoms with Crippen molar-refractivity contribution in [1.82, 2.24) is 9.80 Å². The van der Waals surface area contributed by atoms with Crippen LogP contribution in [-0.4, -0.2) is 66.8 Å². The Hall–Kier alpha value is -1.85. The predicted molar refractivity (Wildman–Crippen MR) is 154 cm³/mol. The van der Waals surface area contributed by atoms with E-state index in [1.165, 1.54) is 67.3 Å². The molecule has 0 aromatic heterocycles. The van der Waals surface area contributed by atoms with Crippen LogP contribution in [0.2, 0.25) is 0 Å². The minimum Gasteiger partial charge on any atom is -0.396 e. The quantitative estimate of drug-likeness (QED) is 0.473. The number of hydrogen-bond acceptors (Lipinski definition) is 4. The lowest BCUT2D eigenvalue weighted by atomic mass is 9.82. The average molecular weight is 523 g/mol. The van der Waals surface area contributed by atoms with Crippen molar-refractivity contribution in [2.75, 3.05) is 40.0 Å². The molecule has 0 spiro atoms. The minimum atomic E-state index is -0.309. The summed E-state index contributed by atoms with van der Waals surface area (Å²) in [7, 11) is 1.90. The standard InChI is InChI=1S/C33H50N2O3/c1-23-28(30(37)34(6)19-33(20-36)21-38-22-33)17-29(35(23)18-24-10-8-7-9-11-24)25-14-26(31(2,3)4)16-27(15-25)32(5)12-13-32/h14-17,23-24,28,36H,7-13,18-22H2,1-6H3. The van der Waals surface area contributed by atoms with Crippen LogP contribution in [0.4, 0.5) is 0 Å². The van der Waals surface area contributed by atoms with E-state index in [1.54, 1.807) is 0 Å². The van der Waals surface area contributed by atoms with E-state index in [9.17, 15) is 9.90 Å². The van der Waals surface area contributed by atoms with Crippen LogP contribution in [0.5, 0.6) is 0 Å². The van der Waals surface area contributed by atoms with Gasteiger partial charge in [-0.2, -0.15) is 0 Å². The van der Waals surface area contributed by atoms with Crippen LogP contribution in [0.3, 0.4) is 0 Å². The van der Waals surface area contributed by atoms with Gasteiger partial charge in [0.15, 0.2) is 0 Å². The molecule has 5 rings (SSSR count). The van der Waals surface area contributed by atoms with Crippen LogP contribution in [0.25, 0.3) is 5.70 Å². The van der Waals surface area contributed by atoms with E-state index in [0.29, 0.717) is 25.7 Å². The molecule has 1 saturated heterocycles. The average Bonchev–Trinajstić information content (AvgIpc) is 3.55. The van der Waals surface area contributed by atoms with E-state index >= 15 is 0 Å². The fraction of sp³-hybridized carbons (Fsp3) is 0.727. The molecule has 1 N–H and O–H groups in total. The Morgan fingerprint density at radius 2 is 1.82 bits per heavy atom. The normalized spacial score (nSPS) is 26.6. The number of rotatable bonds is 8. The topological polar surface area (TPSA) is 53.0 Å². The molecule has 210 valence electrons. The summed E-state index contributed by atoms with van der Waals surface area (Å²) in [6, 6.07) is 7.37. The number of nitrogens with zero attached hydrogens (tertiary/aromatic N) is 2. The summed E-state index contributed by atoms with van der Waals surface area (Å²) in [6.07, 6.45) is 11.4. The fourth-order valence-corrected chi connectivity index (χ4v) is 6.76. The number of carbonyl (C=O) groups is 1. The molecule has 2 saturated carbocycles. The second-order valence-corrected chi connectivity index (χ2v) is 14.4. The van der Waals surface area contributed by atoms with Crippen molar-refractivity contribution >= 4 is 11.6 Å². The summed E-state index contributed by atoms with van der Waals surface area (Å²) in [5.74, 6) is 0.660. The molecular weight excluding hydrogens is 472 g/mol. The number of hydrogen-bond donors (Lipinski definition) is 1. The monoisotopic (exact) mass is 522 g/mol. The second-order valence-electron chi connectivity index (χ2n) is 14.4. The van der Waals surface area contributed by atoms with Crippen LogP contribution < -0.4 is 0 Å². The van der Waals surface area contributed by atoms with Crippen molar-refractivity contribution < 1.29 is 14.6 Å². The van der Waals surface area contributed by atoms with E-state index in [0.717, 1.165) is 6.54 Å². The zero-order chi connectivity index (χ0) is 27.3. The first kappa shape index (κ1) is 27.7. The van der Waals surface area contributed by atoms with Gasteiger partial charge in [0.05, 0.1) is 31.2 Å². The van der Waals surface area contributed by atoms with Gasteiger partial charge >= 0.3 is 0 Å². The highest BCUT2D eigenvalue weighted by atomic mass is 16.5. The predicted octanol–water partition coefficient (Wildman–Crippen LogP) is 5.74. The molecule has 1 aromatic carbocycles. The van der Waals surface area contributed by atoms with Gasteiger partial charge in [-0.05, 0) is 84.3 Å². The molecular formula is C33H50N2O3. The van der Waals surface area contributed by atoms with E-state index in [4.69, 9.17) is 4.74 Å². The van der Waals surface area contributed by atoms with Crippen LogP contribution >= 0.6 is 0 Å². The molecule has 3 fully saturated rings. The van der Waals surface area contributed by atoms with Crippen molar-refractivity contribution in [2.24, 2.45) is 17.3 Å². The second kappa shape index (κ2) is 10.3. The Balaban J connectivity index is 1.49. The smallest absolute Gasteiger partial charge is 0.231 e. The van der Waals surface area contributed by atoms with Gasteiger partial charge in [-0.25, -0.2) is 0 Å². The molecule has 2 unspecified atom stereocenters. The number of aliphatic hydroxyl groups is 1. The van der Waals surface area contributed by atoms with Crippen molar-refractivity contribution in [3.8, 4) is 0 Å². The summed E-state index contributed by atoms with van der Waals surface area (Å²) < 4.78 is 5.40. The lowest BCUT2D eigenvalue weighted by Gasteiger charge is -2.43. The summed E-state index contributed by atoms with van der Waals surface area (Å²) >= 11 is 0. The third-order valence-corrected chi connectivity index (χ3v) is 10.0. The van der Waals surface area contributed by atoms with Gasteiger partial charge in [0.25, 0.3) is 0 Å². The minimum absolute atomic E-state index is 0.0564. The number of ether oxygens (including phenoxy) is 1. The Labute approximate surface area is 230 Å². The highest BCUT2D eigenvalue weighted by Crippen LogP contribution is 2.49. The van der Waals surface area contributed by atoms with Gasteiger partial charge in [-0.15, -0.1) is 0 Å². The molecule has 5 nitrogen and oxygen atoms in total. The molecule has 0 bridgehead atoms. The molecule has 1 amide bonds. The number of amides is 1. The molecule has 2 aliphatic carbocycles. The lowest BCUT2D eigenvalue weighted by molar-refractivity contribution is -0.158.